The second-order valence-electron chi connectivity index (χ2n) is 4.56. The van der Waals surface area contributed by atoms with Crippen LogP contribution in [0.2, 0.25) is 5.02 Å². The van der Waals surface area contributed by atoms with E-state index in [0.717, 1.165) is 18.0 Å². The monoisotopic (exact) mass is 285 g/mol. The first-order valence-electron chi connectivity index (χ1n) is 6.73. The minimum Gasteiger partial charge on any atom is -0.319 e. The van der Waals surface area contributed by atoms with Gasteiger partial charge in [-0.05, 0) is 61.9 Å². The second kappa shape index (κ2) is 9.71. The maximum Gasteiger partial charge on any atom is 0.0438 e. The van der Waals surface area contributed by atoms with Gasteiger partial charge in [-0.1, -0.05) is 36.7 Å². The molecule has 1 unspecified atom stereocenters. The van der Waals surface area contributed by atoms with Crippen LogP contribution in [0.25, 0.3) is 0 Å². The summed E-state index contributed by atoms with van der Waals surface area (Å²) in [6.07, 6.45) is 3.66. The zero-order chi connectivity index (χ0) is 13.2. The molecule has 1 rings (SSSR count). The van der Waals surface area contributed by atoms with Crippen molar-refractivity contribution in [1.82, 2.24) is 5.32 Å². The van der Waals surface area contributed by atoms with E-state index in [0.29, 0.717) is 5.92 Å². The molecule has 0 aliphatic heterocycles. The van der Waals surface area contributed by atoms with Gasteiger partial charge in [-0.15, -0.1) is 0 Å². The van der Waals surface area contributed by atoms with E-state index in [1.165, 1.54) is 29.9 Å². The zero-order valence-electron chi connectivity index (χ0n) is 11.4. The van der Waals surface area contributed by atoms with Gasteiger partial charge in [0.05, 0.1) is 0 Å². The van der Waals surface area contributed by atoms with Crippen molar-refractivity contribution >= 4 is 23.4 Å². The molecule has 0 saturated heterocycles. The molecule has 0 bridgehead atoms. The van der Waals surface area contributed by atoms with Crippen LogP contribution in [-0.2, 0) is 6.42 Å². The molecule has 0 aliphatic carbocycles. The summed E-state index contributed by atoms with van der Waals surface area (Å²) in [5.74, 6) is 3.19. The molecule has 0 heterocycles. The van der Waals surface area contributed by atoms with Crippen LogP contribution in [0.4, 0.5) is 0 Å². The Bertz CT molecular complexity index is 330. The van der Waals surface area contributed by atoms with Crippen molar-refractivity contribution in [2.75, 3.05) is 25.1 Å². The summed E-state index contributed by atoms with van der Waals surface area (Å²) in [6, 6.07) is 8.20. The number of nitrogens with one attached hydrogen (secondary N) is 1. The SMILES string of the molecule is CCSCCCC(CNC)Cc1ccccc1Cl. The fourth-order valence-corrected chi connectivity index (χ4v) is 3.03. The summed E-state index contributed by atoms with van der Waals surface area (Å²) in [4.78, 5) is 0. The Hall–Kier alpha value is -0.180. The van der Waals surface area contributed by atoms with Gasteiger partial charge in [-0.3, -0.25) is 0 Å². The van der Waals surface area contributed by atoms with Crippen LogP contribution in [0.1, 0.15) is 25.3 Å². The highest BCUT2D eigenvalue weighted by Gasteiger charge is 2.10. The molecule has 0 radical (unpaired) electrons. The topological polar surface area (TPSA) is 12.0 Å². The van der Waals surface area contributed by atoms with Crippen molar-refractivity contribution in [3.05, 3.63) is 34.9 Å². The van der Waals surface area contributed by atoms with Crippen molar-refractivity contribution in [3.63, 3.8) is 0 Å². The van der Waals surface area contributed by atoms with Gasteiger partial charge >= 0.3 is 0 Å². The van der Waals surface area contributed by atoms with E-state index in [2.05, 4.69) is 24.4 Å². The molecule has 0 spiro atoms. The lowest BCUT2D eigenvalue weighted by molar-refractivity contribution is 0.457. The van der Waals surface area contributed by atoms with Crippen molar-refractivity contribution < 1.29 is 0 Å². The van der Waals surface area contributed by atoms with Crippen LogP contribution >= 0.6 is 23.4 Å². The van der Waals surface area contributed by atoms with E-state index >= 15 is 0 Å². The molecule has 1 nitrogen and oxygen atoms in total. The van der Waals surface area contributed by atoms with Gasteiger partial charge in [0.2, 0.25) is 0 Å². The Balaban J connectivity index is 2.44. The molecule has 1 atom stereocenters. The highest BCUT2D eigenvalue weighted by molar-refractivity contribution is 7.99. The number of thioether (sulfide) groups is 1. The van der Waals surface area contributed by atoms with Gasteiger partial charge in [0.25, 0.3) is 0 Å². The van der Waals surface area contributed by atoms with Crippen LogP contribution < -0.4 is 5.32 Å². The lowest BCUT2D eigenvalue weighted by atomic mass is 9.95. The summed E-state index contributed by atoms with van der Waals surface area (Å²) >= 11 is 8.26. The first-order valence-corrected chi connectivity index (χ1v) is 8.27. The lowest BCUT2D eigenvalue weighted by Crippen LogP contribution is -2.21. The molecule has 0 saturated carbocycles. The van der Waals surface area contributed by atoms with E-state index < -0.39 is 0 Å². The minimum atomic E-state index is 0.687. The molecule has 0 fully saturated rings. The summed E-state index contributed by atoms with van der Waals surface area (Å²) in [5, 5.41) is 4.20. The third kappa shape index (κ3) is 6.12. The molecule has 3 heteroatoms. The van der Waals surface area contributed by atoms with Gasteiger partial charge < -0.3 is 5.32 Å². The van der Waals surface area contributed by atoms with Crippen molar-refractivity contribution in [2.24, 2.45) is 5.92 Å². The van der Waals surface area contributed by atoms with E-state index in [9.17, 15) is 0 Å². The van der Waals surface area contributed by atoms with Crippen LogP contribution in [0, 0.1) is 5.92 Å². The number of hydrogen-bond acceptors (Lipinski definition) is 2. The molecule has 1 aromatic rings. The zero-order valence-corrected chi connectivity index (χ0v) is 13.0. The first-order chi connectivity index (χ1) is 8.77. The van der Waals surface area contributed by atoms with Gasteiger partial charge in [-0.2, -0.15) is 11.8 Å². The van der Waals surface area contributed by atoms with Crippen molar-refractivity contribution in [2.45, 2.75) is 26.2 Å². The van der Waals surface area contributed by atoms with E-state index in [1.54, 1.807) is 0 Å². The number of halogens is 1. The van der Waals surface area contributed by atoms with Gasteiger partial charge in [0.1, 0.15) is 0 Å². The highest BCUT2D eigenvalue weighted by Crippen LogP contribution is 2.21. The standard InChI is InChI=1S/C15H24ClNS/c1-3-18-10-6-7-13(12-17-2)11-14-8-4-5-9-15(14)16/h4-5,8-9,13,17H,3,6-7,10-12H2,1-2H3. The van der Waals surface area contributed by atoms with Gasteiger partial charge in [-0.25, -0.2) is 0 Å². The third-order valence-corrected chi connectivity index (χ3v) is 4.42. The van der Waals surface area contributed by atoms with Crippen LogP contribution in [0.15, 0.2) is 24.3 Å². The molecule has 102 valence electrons. The Morgan fingerprint density at radius 2 is 2.11 bits per heavy atom. The fraction of sp³-hybridized carbons (Fsp3) is 0.600. The number of hydrogen-bond donors (Lipinski definition) is 1. The molecule has 0 aromatic heterocycles. The summed E-state index contributed by atoms with van der Waals surface area (Å²) in [7, 11) is 2.03. The van der Waals surface area contributed by atoms with Crippen LogP contribution in [-0.4, -0.2) is 25.1 Å². The fourth-order valence-electron chi connectivity index (χ4n) is 2.16. The molecule has 1 aromatic carbocycles. The maximum absolute atomic E-state index is 6.23. The van der Waals surface area contributed by atoms with E-state index in [4.69, 9.17) is 11.6 Å². The molecule has 1 N–H and O–H groups in total. The molecular formula is C15H24ClNS. The predicted molar refractivity (Wildman–Crippen MR) is 84.8 cm³/mol. The Morgan fingerprint density at radius 1 is 1.33 bits per heavy atom. The maximum atomic E-state index is 6.23. The lowest BCUT2D eigenvalue weighted by Gasteiger charge is -2.17. The summed E-state index contributed by atoms with van der Waals surface area (Å²) in [6.45, 7) is 3.29. The van der Waals surface area contributed by atoms with Crippen molar-refractivity contribution in [3.8, 4) is 0 Å². The second-order valence-corrected chi connectivity index (χ2v) is 6.36. The van der Waals surface area contributed by atoms with Crippen LogP contribution in [0.3, 0.4) is 0 Å². The molecule has 18 heavy (non-hydrogen) atoms. The van der Waals surface area contributed by atoms with Gasteiger partial charge in [0.15, 0.2) is 0 Å². The smallest absolute Gasteiger partial charge is 0.0438 e. The molecular weight excluding hydrogens is 262 g/mol. The quantitative estimate of drug-likeness (QED) is 0.681. The highest BCUT2D eigenvalue weighted by atomic mass is 35.5. The van der Waals surface area contributed by atoms with Crippen LogP contribution in [0.5, 0.6) is 0 Å². The minimum absolute atomic E-state index is 0.687. The van der Waals surface area contributed by atoms with E-state index in [1.807, 2.05) is 30.9 Å². The average molecular weight is 286 g/mol. The Morgan fingerprint density at radius 3 is 2.78 bits per heavy atom. The average Bonchev–Trinajstić information content (AvgIpc) is 2.37. The van der Waals surface area contributed by atoms with Gasteiger partial charge in [0, 0.05) is 5.02 Å². The summed E-state index contributed by atoms with van der Waals surface area (Å²) in [5.41, 5.74) is 1.28. The molecule has 0 aliphatic rings. The number of rotatable bonds is 9. The largest absolute Gasteiger partial charge is 0.319 e. The summed E-state index contributed by atoms with van der Waals surface area (Å²) < 4.78 is 0. The Kier molecular flexibility index (Phi) is 8.57. The number of benzene rings is 1. The van der Waals surface area contributed by atoms with E-state index in [-0.39, 0.29) is 0 Å². The third-order valence-electron chi connectivity index (χ3n) is 3.06. The molecule has 0 amide bonds. The Labute approximate surface area is 121 Å². The van der Waals surface area contributed by atoms with Crippen molar-refractivity contribution in [1.29, 1.82) is 0 Å². The first kappa shape index (κ1) is 15.9. The normalized spacial score (nSPS) is 12.6. The predicted octanol–water partition coefficient (Wildman–Crippen LogP) is 4.25.